The van der Waals surface area contributed by atoms with Crippen LogP contribution in [0.15, 0.2) is 17.3 Å². The molecular weight excluding hydrogens is 198 g/mol. The summed E-state index contributed by atoms with van der Waals surface area (Å²) in [5.41, 5.74) is 0.722. The fraction of sp³-hybridized carbons (Fsp3) is 0.400. The number of ether oxygens (including phenoxy) is 3. The largest absolute Gasteiger partial charge is 0.493 e. The van der Waals surface area contributed by atoms with E-state index >= 15 is 0 Å². The Morgan fingerprint density at radius 1 is 1.07 bits per heavy atom. The molecule has 82 valence electrons. The molecule has 0 radical (unpaired) electrons. The average Bonchev–Trinajstić information content (AvgIpc) is 2.28. The molecule has 0 saturated carbocycles. The highest BCUT2D eigenvalue weighted by atomic mass is 16.5. The van der Waals surface area contributed by atoms with Crippen molar-refractivity contribution in [2.24, 2.45) is 5.18 Å². The summed E-state index contributed by atoms with van der Waals surface area (Å²) in [7, 11) is 4.57. The van der Waals surface area contributed by atoms with Crippen LogP contribution < -0.4 is 14.2 Å². The van der Waals surface area contributed by atoms with Crippen molar-refractivity contribution in [2.45, 2.75) is 6.54 Å². The van der Waals surface area contributed by atoms with Gasteiger partial charge in [0.2, 0.25) is 5.75 Å². The number of nitrogens with zero attached hydrogens (tertiary/aromatic N) is 1. The number of benzene rings is 1. The molecule has 1 aromatic carbocycles. The van der Waals surface area contributed by atoms with E-state index < -0.39 is 0 Å². The Hall–Kier alpha value is -1.78. The molecule has 0 aliphatic carbocycles. The molecule has 0 bridgehead atoms. The molecule has 0 saturated heterocycles. The second-order valence-corrected chi connectivity index (χ2v) is 2.82. The molecule has 0 aliphatic rings. The zero-order chi connectivity index (χ0) is 11.3. The first-order valence-electron chi connectivity index (χ1n) is 4.34. The van der Waals surface area contributed by atoms with Crippen molar-refractivity contribution in [3.8, 4) is 17.2 Å². The van der Waals surface area contributed by atoms with Gasteiger partial charge in [-0.3, -0.25) is 0 Å². The van der Waals surface area contributed by atoms with E-state index in [9.17, 15) is 4.91 Å². The predicted octanol–water partition coefficient (Wildman–Crippen LogP) is 1.98. The van der Waals surface area contributed by atoms with Gasteiger partial charge in [-0.15, -0.1) is 0 Å². The lowest BCUT2D eigenvalue weighted by Gasteiger charge is -2.12. The van der Waals surface area contributed by atoms with Crippen molar-refractivity contribution >= 4 is 0 Å². The molecule has 0 spiro atoms. The van der Waals surface area contributed by atoms with Gasteiger partial charge in [-0.25, -0.2) is 0 Å². The monoisotopic (exact) mass is 211 g/mol. The highest BCUT2D eigenvalue weighted by molar-refractivity contribution is 5.53. The Bertz CT molecular complexity index is 326. The summed E-state index contributed by atoms with van der Waals surface area (Å²) in [6.07, 6.45) is 0. The van der Waals surface area contributed by atoms with Gasteiger partial charge in [0.25, 0.3) is 0 Å². The Labute approximate surface area is 87.9 Å². The first-order valence-corrected chi connectivity index (χ1v) is 4.34. The molecule has 1 aromatic rings. The lowest BCUT2D eigenvalue weighted by atomic mass is 10.2. The van der Waals surface area contributed by atoms with Gasteiger partial charge in [0.1, 0.15) is 6.54 Å². The van der Waals surface area contributed by atoms with Crippen LogP contribution in [-0.4, -0.2) is 21.3 Å². The molecule has 0 heterocycles. The van der Waals surface area contributed by atoms with Crippen molar-refractivity contribution in [3.05, 3.63) is 22.6 Å². The molecule has 0 amide bonds. The summed E-state index contributed by atoms with van der Waals surface area (Å²) in [5.74, 6) is 1.56. The summed E-state index contributed by atoms with van der Waals surface area (Å²) in [4.78, 5) is 10.2. The van der Waals surface area contributed by atoms with Crippen molar-refractivity contribution in [3.63, 3.8) is 0 Å². The summed E-state index contributed by atoms with van der Waals surface area (Å²) < 4.78 is 15.4. The molecule has 0 aromatic heterocycles. The molecule has 1 rings (SSSR count). The second kappa shape index (κ2) is 5.19. The number of hydrogen-bond donors (Lipinski definition) is 0. The zero-order valence-corrected chi connectivity index (χ0v) is 8.94. The molecule has 5 heteroatoms. The fourth-order valence-corrected chi connectivity index (χ4v) is 1.30. The smallest absolute Gasteiger partial charge is 0.203 e. The van der Waals surface area contributed by atoms with E-state index in [-0.39, 0.29) is 6.54 Å². The van der Waals surface area contributed by atoms with Crippen LogP contribution in [-0.2, 0) is 6.54 Å². The van der Waals surface area contributed by atoms with Gasteiger partial charge in [0.05, 0.1) is 21.3 Å². The maximum atomic E-state index is 10.2. The van der Waals surface area contributed by atoms with Crippen LogP contribution in [0.1, 0.15) is 5.56 Å². The van der Waals surface area contributed by atoms with E-state index in [0.717, 1.165) is 5.56 Å². The van der Waals surface area contributed by atoms with Crippen LogP contribution in [0.3, 0.4) is 0 Å². The minimum absolute atomic E-state index is 0.0801. The summed E-state index contributed by atoms with van der Waals surface area (Å²) in [6, 6.07) is 3.39. The molecule has 0 atom stereocenters. The minimum atomic E-state index is 0.0801. The van der Waals surface area contributed by atoms with Crippen LogP contribution in [0.5, 0.6) is 17.2 Å². The molecule has 15 heavy (non-hydrogen) atoms. The van der Waals surface area contributed by atoms with Gasteiger partial charge in [-0.1, -0.05) is 5.18 Å². The van der Waals surface area contributed by atoms with Crippen molar-refractivity contribution in [2.75, 3.05) is 21.3 Å². The van der Waals surface area contributed by atoms with Crippen LogP contribution >= 0.6 is 0 Å². The molecule has 0 unspecified atom stereocenters. The maximum absolute atomic E-state index is 10.2. The quantitative estimate of drug-likeness (QED) is 0.699. The van der Waals surface area contributed by atoms with Crippen molar-refractivity contribution in [1.82, 2.24) is 0 Å². The van der Waals surface area contributed by atoms with Crippen molar-refractivity contribution in [1.29, 1.82) is 0 Å². The highest BCUT2D eigenvalue weighted by Gasteiger charge is 2.12. The topological polar surface area (TPSA) is 57.1 Å². The van der Waals surface area contributed by atoms with Gasteiger partial charge in [-0.05, 0) is 17.7 Å². The van der Waals surface area contributed by atoms with Crippen LogP contribution in [0.2, 0.25) is 0 Å². The zero-order valence-electron chi connectivity index (χ0n) is 8.94. The average molecular weight is 211 g/mol. The lowest BCUT2D eigenvalue weighted by Crippen LogP contribution is -1.96. The van der Waals surface area contributed by atoms with Gasteiger partial charge < -0.3 is 14.2 Å². The Kier molecular flexibility index (Phi) is 3.91. The lowest BCUT2D eigenvalue weighted by molar-refractivity contribution is 0.324. The third-order valence-corrected chi connectivity index (χ3v) is 1.97. The molecule has 0 fully saturated rings. The molecule has 0 N–H and O–H groups in total. The number of methoxy groups -OCH3 is 3. The number of rotatable bonds is 5. The highest BCUT2D eigenvalue weighted by Crippen LogP contribution is 2.38. The van der Waals surface area contributed by atoms with Gasteiger partial charge in [-0.2, -0.15) is 4.91 Å². The van der Waals surface area contributed by atoms with E-state index in [2.05, 4.69) is 5.18 Å². The normalized spacial score (nSPS) is 9.53. The van der Waals surface area contributed by atoms with Gasteiger partial charge in [0.15, 0.2) is 11.5 Å². The standard InChI is InChI=1S/C10H13NO4/c1-13-8-4-7(6-11-12)5-9(14-2)10(8)15-3/h4-5H,6H2,1-3H3. The Morgan fingerprint density at radius 2 is 1.60 bits per heavy atom. The fourth-order valence-electron chi connectivity index (χ4n) is 1.30. The van der Waals surface area contributed by atoms with E-state index in [1.807, 2.05) is 0 Å². The van der Waals surface area contributed by atoms with Crippen LogP contribution in [0.25, 0.3) is 0 Å². The second-order valence-electron chi connectivity index (χ2n) is 2.82. The first-order chi connectivity index (χ1) is 7.26. The maximum Gasteiger partial charge on any atom is 0.203 e. The van der Waals surface area contributed by atoms with E-state index in [1.165, 1.54) is 21.3 Å². The third-order valence-electron chi connectivity index (χ3n) is 1.97. The third kappa shape index (κ3) is 2.37. The predicted molar refractivity (Wildman–Crippen MR) is 55.6 cm³/mol. The minimum Gasteiger partial charge on any atom is -0.493 e. The molecule has 0 aliphatic heterocycles. The number of hydrogen-bond acceptors (Lipinski definition) is 5. The van der Waals surface area contributed by atoms with Gasteiger partial charge >= 0.3 is 0 Å². The van der Waals surface area contributed by atoms with E-state index in [4.69, 9.17) is 14.2 Å². The van der Waals surface area contributed by atoms with Crippen LogP contribution in [0.4, 0.5) is 0 Å². The summed E-state index contributed by atoms with van der Waals surface area (Å²) in [6.45, 7) is 0.0801. The van der Waals surface area contributed by atoms with E-state index in [1.54, 1.807) is 12.1 Å². The summed E-state index contributed by atoms with van der Waals surface area (Å²) in [5, 5.41) is 2.81. The van der Waals surface area contributed by atoms with Gasteiger partial charge in [0, 0.05) is 0 Å². The number of nitroso groups, excluding NO2 is 1. The molecule has 5 nitrogen and oxygen atoms in total. The van der Waals surface area contributed by atoms with Crippen LogP contribution in [0, 0.1) is 4.91 Å². The summed E-state index contributed by atoms with van der Waals surface area (Å²) >= 11 is 0. The Balaban J connectivity index is 3.22. The van der Waals surface area contributed by atoms with Crippen molar-refractivity contribution < 1.29 is 14.2 Å². The first kappa shape index (κ1) is 11.3. The Morgan fingerprint density at radius 3 is 1.93 bits per heavy atom. The van der Waals surface area contributed by atoms with E-state index in [0.29, 0.717) is 17.2 Å². The molecular formula is C10H13NO4. The SMILES string of the molecule is COc1cc(CN=O)cc(OC)c1OC.